The van der Waals surface area contributed by atoms with Gasteiger partial charge >= 0.3 is 6.03 Å². The highest BCUT2D eigenvalue weighted by Gasteiger charge is 2.40. The fourth-order valence-corrected chi connectivity index (χ4v) is 3.71. The van der Waals surface area contributed by atoms with Crippen LogP contribution in [0.2, 0.25) is 0 Å². The Morgan fingerprint density at radius 1 is 1.39 bits per heavy atom. The summed E-state index contributed by atoms with van der Waals surface area (Å²) < 4.78 is 6.00. The van der Waals surface area contributed by atoms with Gasteiger partial charge < -0.3 is 20.5 Å². The quantitative estimate of drug-likeness (QED) is 0.703. The van der Waals surface area contributed by atoms with Crippen molar-refractivity contribution in [1.29, 1.82) is 0 Å². The summed E-state index contributed by atoms with van der Waals surface area (Å²) in [5.41, 5.74) is -0.830. The van der Waals surface area contributed by atoms with Crippen LogP contribution in [0.15, 0.2) is 0 Å². The monoisotopic (exact) mass is 326 g/mol. The van der Waals surface area contributed by atoms with Crippen molar-refractivity contribution in [3.8, 4) is 0 Å². The number of carbonyl (C=O) groups is 1. The Morgan fingerprint density at radius 3 is 2.74 bits per heavy atom. The second-order valence-corrected chi connectivity index (χ2v) is 8.18. The predicted octanol–water partition coefficient (Wildman–Crippen LogP) is 2.96. The Balaban J connectivity index is 1.72. The lowest BCUT2D eigenvalue weighted by atomic mass is 9.89. The molecule has 1 saturated heterocycles. The van der Waals surface area contributed by atoms with Crippen molar-refractivity contribution in [3.63, 3.8) is 0 Å². The smallest absolute Gasteiger partial charge is 0.315 e. The van der Waals surface area contributed by atoms with Crippen molar-refractivity contribution >= 4 is 6.03 Å². The topological polar surface area (TPSA) is 70.6 Å². The van der Waals surface area contributed by atoms with Gasteiger partial charge in [-0.1, -0.05) is 26.7 Å². The second kappa shape index (κ2) is 7.84. The highest BCUT2D eigenvalue weighted by Crippen LogP contribution is 2.39. The van der Waals surface area contributed by atoms with Crippen LogP contribution in [0, 0.1) is 5.92 Å². The van der Waals surface area contributed by atoms with Crippen LogP contribution in [0.3, 0.4) is 0 Å². The van der Waals surface area contributed by atoms with Gasteiger partial charge in [-0.3, -0.25) is 0 Å². The molecular formula is C18H34N2O3. The van der Waals surface area contributed by atoms with E-state index in [0.29, 0.717) is 18.9 Å². The van der Waals surface area contributed by atoms with Gasteiger partial charge in [0, 0.05) is 19.2 Å². The van der Waals surface area contributed by atoms with E-state index >= 15 is 0 Å². The lowest BCUT2D eigenvalue weighted by Crippen LogP contribution is -2.52. The third kappa shape index (κ3) is 5.96. The molecule has 0 aromatic heterocycles. The van der Waals surface area contributed by atoms with Gasteiger partial charge in [0.1, 0.15) is 0 Å². The summed E-state index contributed by atoms with van der Waals surface area (Å²) in [6, 6.07) is 0.0114. The summed E-state index contributed by atoms with van der Waals surface area (Å²) in [6.45, 7) is 7.09. The number of urea groups is 1. The molecule has 5 nitrogen and oxygen atoms in total. The lowest BCUT2D eigenvalue weighted by Gasteiger charge is -2.38. The molecule has 1 aliphatic carbocycles. The maximum Gasteiger partial charge on any atom is 0.315 e. The van der Waals surface area contributed by atoms with Crippen LogP contribution in [-0.2, 0) is 4.74 Å². The van der Waals surface area contributed by atoms with Crippen molar-refractivity contribution in [2.24, 2.45) is 5.92 Å². The minimum absolute atomic E-state index is 0.0129. The molecule has 2 amide bonds. The van der Waals surface area contributed by atoms with Crippen molar-refractivity contribution in [2.75, 3.05) is 13.2 Å². The zero-order valence-corrected chi connectivity index (χ0v) is 15.0. The number of amides is 2. The molecule has 134 valence electrons. The lowest BCUT2D eigenvalue weighted by molar-refractivity contribution is -0.0820. The van der Waals surface area contributed by atoms with Gasteiger partial charge in [-0.2, -0.15) is 0 Å². The standard InChI is InChI=1S/C18H34N2O3/c1-14(2)6-10-17(3,22)13-19-16(21)20-15-7-11-23-18(12-15)8-4-5-9-18/h14-15,22H,4-13H2,1-3H3,(H2,19,20,21). The van der Waals surface area contributed by atoms with Crippen LogP contribution < -0.4 is 10.6 Å². The van der Waals surface area contributed by atoms with E-state index in [4.69, 9.17) is 4.74 Å². The molecular weight excluding hydrogens is 292 g/mol. The first-order chi connectivity index (χ1) is 10.8. The Kier molecular flexibility index (Phi) is 6.32. The second-order valence-electron chi connectivity index (χ2n) is 8.18. The molecule has 2 unspecified atom stereocenters. The van der Waals surface area contributed by atoms with Crippen LogP contribution in [0.1, 0.15) is 72.1 Å². The molecule has 2 atom stereocenters. The summed E-state index contributed by atoms with van der Waals surface area (Å²) in [5, 5.41) is 16.2. The van der Waals surface area contributed by atoms with E-state index in [-0.39, 0.29) is 17.7 Å². The molecule has 0 radical (unpaired) electrons. The molecule has 0 aromatic carbocycles. The summed E-state index contributed by atoms with van der Waals surface area (Å²) >= 11 is 0. The molecule has 2 aliphatic rings. The Bertz CT molecular complexity index is 390. The molecule has 1 aliphatic heterocycles. The van der Waals surface area contributed by atoms with Gasteiger partial charge in [-0.25, -0.2) is 4.79 Å². The van der Waals surface area contributed by atoms with Crippen LogP contribution in [0.4, 0.5) is 4.79 Å². The van der Waals surface area contributed by atoms with E-state index in [1.54, 1.807) is 6.92 Å². The molecule has 1 saturated carbocycles. The Hall–Kier alpha value is -0.810. The molecule has 1 spiro atoms. The number of aliphatic hydroxyl groups is 1. The van der Waals surface area contributed by atoms with Crippen molar-refractivity contribution in [1.82, 2.24) is 10.6 Å². The van der Waals surface area contributed by atoms with Gasteiger partial charge in [0.15, 0.2) is 0 Å². The summed E-state index contributed by atoms with van der Waals surface area (Å²) in [5.74, 6) is 0.556. The SMILES string of the molecule is CC(C)CCC(C)(O)CNC(=O)NC1CCOC2(CCCC2)C1. The number of hydrogen-bond acceptors (Lipinski definition) is 3. The average molecular weight is 326 g/mol. The number of ether oxygens (including phenoxy) is 1. The van der Waals surface area contributed by atoms with E-state index in [2.05, 4.69) is 24.5 Å². The largest absolute Gasteiger partial charge is 0.388 e. The van der Waals surface area contributed by atoms with Crippen LogP contribution >= 0.6 is 0 Å². The number of nitrogens with one attached hydrogen (secondary N) is 2. The van der Waals surface area contributed by atoms with Crippen LogP contribution in [-0.4, -0.2) is 41.5 Å². The zero-order chi connectivity index (χ0) is 16.9. The van der Waals surface area contributed by atoms with E-state index < -0.39 is 5.60 Å². The molecule has 23 heavy (non-hydrogen) atoms. The number of rotatable bonds is 6. The highest BCUT2D eigenvalue weighted by molar-refractivity contribution is 5.74. The van der Waals surface area contributed by atoms with Crippen molar-refractivity contribution in [2.45, 2.75) is 89.4 Å². The normalized spacial score (nSPS) is 26.2. The molecule has 1 heterocycles. The molecule has 2 rings (SSSR count). The van der Waals surface area contributed by atoms with Crippen molar-refractivity contribution < 1.29 is 14.6 Å². The van der Waals surface area contributed by atoms with Gasteiger partial charge in [0.05, 0.1) is 11.2 Å². The molecule has 3 N–H and O–H groups in total. The van der Waals surface area contributed by atoms with E-state index in [0.717, 1.165) is 38.7 Å². The zero-order valence-electron chi connectivity index (χ0n) is 15.0. The maximum absolute atomic E-state index is 12.1. The fraction of sp³-hybridized carbons (Fsp3) is 0.944. The van der Waals surface area contributed by atoms with Gasteiger partial charge in [-0.15, -0.1) is 0 Å². The first-order valence-electron chi connectivity index (χ1n) is 9.21. The predicted molar refractivity (Wildman–Crippen MR) is 91.4 cm³/mol. The maximum atomic E-state index is 12.1. The average Bonchev–Trinajstić information content (AvgIpc) is 2.91. The summed E-state index contributed by atoms with van der Waals surface area (Å²) in [7, 11) is 0. The number of hydrogen-bond donors (Lipinski definition) is 3. The fourth-order valence-electron chi connectivity index (χ4n) is 3.71. The summed E-state index contributed by atoms with van der Waals surface area (Å²) in [4.78, 5) is 12.1. The van der Waals surface area contributed by atoms with Crippen molar-refractivity contribution in [3.05, 3.63) is 0 Å². The third-order valence-electron chi connectivity index (χ3n) is 5.23. The van der Waals surface area contributed by atoms with E-state index in [1.165, 1.54) is 12.8 Å². The molecule has 2 fully saturated rings. The first-order valence-corrected chi connectivity index (χ1v) is 9.21. The summed E-state index contributed by atoms with van der Waals surface area (Å²) in [6.07, 6.45) is 8.16. The molecule has 5 heteroatoms. The third-order valence-corrected chi connectivity index (χ3v) is 5.23. The van der Waals surface area contributed by atoms with Gasteiger partial charge in [0.2, 0.25) is 0 Å². The highest BCUT2D eigenvalue weighted by atomic mass is 16.5. The van der Waals surface area contributed by atoms with E-state index in [9.17, 15) is 9.90 Å². The minimum atomic E-state index is -0.843. The van der Waals surface area contributed by atoms with Crippen LogP contribution in [0.25, 0.3) is 0 Å². The Morgan fingerprint density at radius 2 is 2.09 bits per heavy atom. The number of carbonyl (C=O) groups excluding carboxylic acids is 1. The van der Waals surface area contributed by atoms with Gasteiger partial charge in [0.25, 0.3) is 0 Å². The molecule has 0 bridgehead atoms. The molecule has 0 aromatic rings. The first kappa shape index (κ1) is 18.5. The minimum Gasteiger partial charge on any atom is -0.388 e. The van der Waals surface area contributed by atoms with E-state index in [1.807, 2.05) is 0 Å². The Labute approximate surface area is 140 Å². The van der Waals surface area contributed by atoms with Crippen LogP contribution in [0.5, 0.6) is 0 Å². The van der Waals surface area contributed by atoms with Gasteiger partial charge in [-0.05, 0) is 51.4 Å².